The van der Waals surface area contributed by atoms with Crippen LogP contribution in [0, 0.1) is 0 Å². The maximum Gasteiger partial charge on any atom is 0.252 e. The van der Waals surface area contributed by atoms with Gasteiger partial charge >= 0.3 is 0 Å². The van der Waals surface area contributed by atoms with Gasteiger partial charge in [-0.3, -0.25) is 4.79 Å². The number of pyridine rings is 2. The first-order chi connectivity index (χ1) is 7.08. The lowest BCUT2D eigenvalue weighted by Crippen LogP contribution is -2.14. The van der Waals surface area contributed by atoms with Crippen molar-refractivity contribution in [1.82, 2.24) is 9.97 Å². The van der Waals surface area contributed by atoms with Gasteiger partial charge in [0.05, 0.1) is 5.56 Å². The number of rotatable bonds is 1. The summed E-state index contributed by atoms with van der Waals surface area (Å²) in [5.41, 5.74) is 16.8. The molecule has 0 saturated heterocycles. The summed E-state index contributed by atoms with van der Waals surface area (Å²) < 4.78 is 0. The molecule has 0 atom stereocenters. The summed E-state index contributed by atoms with van der Waals surface area (Å²) in [5.74, 6) is -0.201. The number of nitrogens with zero attached hydrogens (tertiary/aromatic N) is 2. The minimum Gasteiger partial charge on any atom is -0.384 e. The van der Waals surface area contributed by atoms with Gasteiger partial charge in [-0.05, 0) is 18.2 Å². The predicted octanol–water partition coefficient (Wildman–Crippen LogP) is -0.107. The molecule has 0 aromatic carbocycles. The number of nitrogen functional groups attached to an aromatic ring is 2. The molecular formula is C9H9N5O. The standard InChI is InChI=1S/C9H9N5O/c10-6-2-1-4-3-5(8(12)15)7(11)14-9(4)13-6/h1-3H,(H2,12,15)(H4,10,11,13,14). The van der Waals surface area contributed by atoms with Crippen molar-refractivity contribution in [1.29, 1.82) is 0 Å². The number of carbonyl (C=O) groups is 1. The second kappa shape index (κ2) is 3.09. The van der Waals surface area contributed by atoms with Gasteiger partial charge in [-0.25, -0.2) is 9.97 Å². The lowest BCUT2D eigenvalue weighted by molar-refractivity contribution is 0.100. The van der Waals surface area contributed by atoms with E-state index in [1.165, 1.54) is 0 Å². The van der Waals surface area contributed by atoms with Crippen LogP contribution in [0.4, 0.5) is 11.6 Å². The van der Waals surface area contributed by atoms with E-state index in [4.69, 9.17) is 17.2 Å². The van der Waals surface area contributed by atoms with Crippen LogP contribution in [-0.4, -0.2) is 15.9 Å². The van der Waals surface area contributed by atoms with Crippen LogP contribution < -0.4 is 17.2 Å². The summed E-state index contributed by atoms with van der Waals surface area (Å²) in [6.45, 7) is 0. The van der Waals surface area contributed by atoms with Gasteiger partial charge in [0.1, 0.15) is 11.6 Å². The molecule has 0 saturated carbocycles. The molecule has 0 unspecified atom stereocenters. The highest BCUT2D eigenvalue weighted by Gasteiger charge is 2.09. The Bertz CT molecular complexity index is 551. The molecule has 0 aliphatic heterocycles. The van der Waals surface area contributed by atoms with Crippen LogP contribution in [-0.2, 0) is 0 Å². The number of nitrogens with two attached hydrogens (primary N) is 3. The minimum atomic E-state index is -0.612. The summed E-state index contributed by atoms with van der Waals surface area (Å²) in [7, 11) is 0. The van der Waals surface area contributed by atoms with Gasteiger partial charge in [0.2, 0.25) is 0 Å². The van der Waals surface area contributed by atoms with Gasteiger partial charge in [0.25, 0.3) is 5.91 Å². The van der Waals surface area contributed by atoms with Gasteiger partial charge in [0.15, 0.2) is 5.65 Å². The van der Waals surface area contributed by atoms with Crippen molar-refractivity contribution in [2.45, 2.75) is 0 Å². The molecule has 0 fully saturated rings. The molecule has 1 amide bonds. The molecule has 0 spiro atoms. The SMILES string of the molecule is NC(=O)c1cc2ccc(N)nc2nc1N. The Morgan fingerprint density at radius 1 is 1.20 bits per heavy atom. The van der Waals surface area contributed by atoms with Gasteiger partial charge in [-0.1, -0.05) is 0 Å². The summed E-state index contributed by atoms with van der Waals surface area (Å²) in [6, 6.07) is 4.87. The topological polar surface area (TPSA) is 121 Å². The Morgan fingerprint density at radius 3 is 2.60 bits per heavy atom. The fourth-order valence-electron chi connectivity index (χ4n) is 1.28. The van der Waals surface area contributed by atoms with Crippen LogP contribution in [0.25, 0.3) is 11.0 Å². The molecular weight excluding hydrogens is 194 g/mol. The minimum absolute atomic E-state index is 0.0631. The normalized spacial score (nSPS) is 10.4. The van der Waals surface area contributed by atoms with E-state index in [2.05, 4.69) is 9.97 Å². The molecule has 2 aromatic heterocycles. The summed E-state index contributed by atoms with van der Waals surface area (Å²) in [4.78, 5) is 18.9. The molecule has 6 heteroatoms. The van der Waals surface area contributed by atoms with E-state index in [0.29, 0.717) is 16.9 Å². The molecule has 0 aliphatic rings. The molecule has 6 N–H and O–H groups in total. The molecule has 2 rings (SSSR count). The number of hydrogen-bond acceptors (Lipinski definition) is 5. The van der Waals surface area contributed by atoms with Crippen molar-refractivity contribution in [3.05, 3.63) is 23.8 Å². The first-order valence-electron chi connectivity index (χ1n) is 4.20. The zero-order chi connectivity index (χ0) is 11.0. The second-order valence-corrected chi connectivity index (χ2v) is 3.07. The highest BCUT2D eigenvalue weighted by molar-refractivity contribution is 6.00. The zero-order valence-electron chi connectivity index (χ0n) is 7.77. The van der Waals surface area contributed by atoms with Crippen LogP contribution in [0.15, 0.2) is 18.2 Å². The number of primary amides is 1. The molecule has 2 aromatic rings. The first kappa shape index (κ1) is 9.20. The van der Waals surface area contributed by atoms with Gasteiger partial charge in [-0.2, -0.15) is 0 Å². The molecule has 76 valence electrons. The van der Waals surface area contributed by atoms with E-state index in [-0.39, 0.29) is 11.4 Å². The first-order valence-corrected chi connectivity index (χ1v) is 4.20. The molecule has 2 heterocycles. The Morgan fingerprint density at radius 2 is 1.93 bits per heavy atom. The third-order valence-corrected chi connectivity index (χ3v) is 1.99. The van der Waals surface area contributed by atoms with Crippen LogP contribution >= 0.6 is 0 Å². The lowest BCUT2D eigenvalue weighted by Gasteiger charge is -2.03. The van der Waals surface area contributed by atoms with Crippen molar-refractivity contribution < 1.29 is 4.79 Å². The highest BCUT2D eigenvalue weighted by atomic mass is 16.1. The predicted molar refractivity (Wildman–Crippen MR) is 56.9 cm³/mol. The fourth-order valence-corrected chi connectivity index (χ4v) is 1.28. The van der Waals surface area contributed by atoms with Crippen molar-refractivity contribution in [2.75, 3.05) is 11.5 Å². The number of hydrogen-bond donors (Lipinski definition) is 3. The average molecular weight is 203 g/mol. The average Bonchev–Trinajstić information content (AvgIpc) is 2.15. The Kier molecular flexibility index (Phi) is 1.89. The summed E-state index contributed by atoms with van der Waals surface area (Å²) in [5, 5.41) is 0.673. The van der Waals surface area contributed by atoms with Gasteiger partial charge < -0.3 is 17.2 Å². The molecule has 0 radical (unpaired) electrons. The molecule has 6 nitrogen and oxygen atoms in total. The summed E-state index contributed by atoms with van der Waals surface area (Å²) >= 11 is 0. The van der Waals surface area contributed by atoms with Crippen molar-refractivity contribution >= 4 is 28.6 Å². The van der Waals surface area contributed by atoms with Crippen molar-refractivity contribution in [3.8, 4) is 0 Å². The Hall–Kier alpha value is -2.37. The van der Waals surface area contributed by atoms with Crippen LogP contribution in [0.2, 0.25) is 0 Å². The maximum atomic E-state index is 11.0. The third-order valence-electron chi connectivity index (χ3n) is 1.99. The van der Waals surface area contributed by atoms with Crippen molar-refractivity contribution in [2.24, 2.45) is 5.73 Å². The summed E-state index contributed by atoms with van der Waals surface area (Å²) in [6.07, 6.45) is 0. The monoisotopic (exact) mass is 203 g/mol. The molecule has 0 bridgehead atoms. The number of fused-ring (bicyclic) bond motifs is 1. The van der Waals surface area contributed by atoms with E-state index >= 15 is 0 Å². The van der Waals surface area contributed by atoms with E-state index in [0.717, 1.165) is 0 Å². The second-order valence-electron chi connectivity index (χ2n) is 3.07. The molecule has 15 heavy (non-hydrogen) atoms. The number of amides is 1. The van der Waals surface area contributed by atoms with E-state index in [1.54, 1.807) is 18.2 Å². The largest absolute Gasteiger partial charge is 0.384 e. The zero-order valence-corrected chi connectivity index (χ0v) is 7.77. The number of anilines is 2. The number of carbonyl (C=O) groups excluding carboxylic acids is 1. The number of aromatic nitrogens is 2. The lowest BCUT2D eigenvalue weighted by atomic mass is 10.2. The van der Waals surface area contributed by atoms with Crippen LogP contribution in [0.1, 0.15) is 10.4 Å². The van der Waals surface area contributed by atoms with Crippen LogP contribution in [0.3, 0.4) is 0 Å². The fraction of sp³-hybridized carbons (Fsp3) is 0. The highest BCUT2D eigenvalue weighted by Crippen LogP contribution is 2.17. The van der Waals surface area contributed by atoms with Crippen molar-refractivity contribution in [3.63, 3.8) is 0 Å². The maximum absolute atomic E-state index is 11.0. The van der Waals surface area contributed by atoms with E-state index < -0.39 is 5.91 Å². The smallest absolute Gasteiger partial charge is 0.252 e. The Labute approximate surface area is 85.1 Å². The van der Waals surface area contributed by atoms with Gasteiger partial charge in [0, 0.05) is 5.39 Å². The van der Waals surface area contributed by atoms with Gasteiger partial charge in [-0.15, -0.1) is 0 Å². The molecule has 0 aliphatic carbocycles. The third kappa shape index (κ3) is 1.52. The quantitative estimate of drug-likeness (QED) is 0.597. The van der Waals surface area contributed by atoms with Crippen LogP contribution in [0.5, 0.6) is 0 Å². The van der Waals surface area contributed by atoms with E-state index in [1.807, 2.05) is 0 Å². The van der Waals surface area contributed by atoms with E-state index in [9.17, 15) is 4.79 Å². The Balaban J connectivity index is 2.76.